The van der Waals surface area contributed by atoms with Gasteiger partial charge in [0.25, 0.3) is 0 Å². The van der Waals surface area contributed by atoms with Gasteiger partial charge in [-0.05, 0) is 18.2 Å². The van der Waals surface area contributed by atoms with Crippen LogP contribution in [0.1, 0.15) is 24.2 Å². The zero-order valence-electron chi connectivity index (χ0n) is 14.4. The van der Waals surface area contributed by atoms with E-state index in [0.29, 0.717) is 18.3 Å². The number of amides is 1. The smallest absolute Gasteiger partial charge is 0.337 e. The van der Waals surface area contributed by atoms with E-state index in [0.717, 1.165) is 23.1 Å². The van der Waals surface area contributed by atoms with Crippen LogP contribution in [-0.4, -0.2) is 43.0 Å². The van der Waals surface area contributed by atoms with Crippen LogP contribution in [-0.2, 0) is 34.0 Å². The molecule has 0 aliphatic carbocycles. The number of hydrogen-bond donors (Lipinski definition) is 1. The SMILES string of the molecule is CCc1noc(CN(C)C(=O)CNS(=O)(=O)c2cccc(C(F)(F)F)c2)n1. The number of aromatic nitrogens is 2. The first-order chi connectivity index (χ1) is 12.5. The molecule has 8 nitrogen and oxygen atoms in total. The van der Waals surface area contributed by atoms with Crippen molar-refractivity contribution in [1.82, 2.24) is 19.8 Å². The van der Waals surface area contributed by atoms with E-state index in [1.54, 1.807) is 0 Å². The Kier molecular flexibility index (Phi) is 6.21. The molecular formula is C15H17F3N4O4S. The van der Waals surface area contributed by atoms with Crippen molar-refractivity contribution in [2.75, 3.05) is 13.6 Å². The number of alkyl halides is 3. The van der Waals surface area contributed by atoms with Crippen molar-refractivity contribution in [2.24, 2.45) is 0 Å². The molecule has 0 atom stereocenters. The average Bonchev–Trinajstić information content (AvgIpc) is 3.06. The summed E-state index contributed by atoms with van der Waals surface area (Å²) in [7, 11) is -2.89. The lowest BCUT2D eigenvalue weighted by atomic mass is 10.2. The van der Waals surface area contributed by atoms with Gasteiger partial charge in [0.1, 0.15) is 0 Å². The van der Waals surface area contributed by atoms with E-state index in [4.69, 9.17) is 4.52 Å². The lowest BCUT2D eigenvalue weighted by Gasteiger charge is -2.15. The predicted octanol–water partition coefficient (Wildman–Crippen LogP) is 1.59. The third-order valence-corrected chi connectivity index (χ3v) is 4.91. The monoisotopic (exact) mass is 406 g/mol. The first-order valence-electron chi connectivity index (χ1n) is 7.75. The minimum atomic E-state index is -4.68. The van der Waals surface area contributed by atoms with Crippen LogP contribution in [0.5, 0.6) is 0 Å². The van der Waals surface area contributed by atoms with Crippen LogP contribution in [0.25, 0.3) is 0 Å². The van der Waals surface area contributed by atoms with Gasteiger partial charge in [-0.25, -0.2) is 13.1 Å². The van der Waals surface area contributed by atoms with Crippen molar-refractivity contribution in [3.63, 3.8) is 0 Å². The van der Waals surface area contributed by atoms with Gasteiger partial charge in [0.05, 0.1) is 23.5 Å². The topological polar surface area (TPSA) is 105 Å². The van der Waals surface area contributed by atoms with E-state index >= 15 is 0 Å². The largest absolute Gasteiger partial charge is 0.416 e. The zero-order chi connectivity index (χ0) is 20.2. The fourth-order valence-corrected chi connectivity index (χ4v) is 3.02. The summed E-state index contributed by atoms with van der Waals surface area (Å²) in [5.74, 6) is 0.0290. The number of aryl methyl sites for hydroxylation is 1. The molecule has 0 unspecified atom stereocenters. The van der Waals surface area contributed by atoms with Crippen LogP contribution >= 0.6 is 0 Å². The number of carbonyl (C=O) groups is 1. The zero-order valence-corrected chi connectivity index (χ0v) is 15.3. The maximum Gasteiger partial charge on any atom is 0.416 e. The summed E-state index contributed by atoms with van der Waals surface area (Å²) >= 11 is 0. The standard InChI is InChI=1S/C15H17F3N4O4S/c1-3-12-20-13(26-21-12)9-22(2)14(23)8-19-27(24,25)11-6-4-5-10(7-11)15(16,17)18/h4-7,19H,3,8-9H2,1-2H3. The molecule has 0 radical (unpaired) electrons. The molecule has 1 amide bonds. The summed E-state index contributed by atoms with van der Waals surface area (Å²) < 4.78 is 69.4. The molecule has 0 bridgehead atoms. The van der Waals surface area contributed by atoms with E-state index in [2.05, 4.69) is 10.1 Å². The molecule has 0 aliphatic rings. The van der Waals surface area contributed by atoms with Crippen LogP contribution < -0.4 is 4.72 Å². The molecule has 0 saturated carbocycles. The maximum atomic E-state index is 12.7. The number of sulfonamides is 1. The molecule has 0 fully saturated rings. The second-order valence-corrected chi connectivity index (χ2v) is 7.32. The van der Waals surface area contributed by atoms with E-state index < -0.39 is 39.1 Å². The summed E-state index contributed by atoms with van der Waals surface area (Å²) in [5.41, 5.74) is -1.10. The lowest BCUT2D eigenvalue weighted by molar-refractivity contribution is -0.137. The van der Waals surface area contributed by atoms with Crippen molar-refractivity contribution >= 4 is 15.9 Å². The highest BCUT2D eigenvalue weighted by atomic mass is 32.2. The summed E-state index contributed by atoms with van der Waals surface area (Å²) in [4.78, 5) is 16.6. The van der Waals surface area contributed by atoms with Crippen LogP contribution in [0.4, 0.5) is 13.2 Å². The Labute approximate surface area is 153 Å². The fourth-order valence-electron chi connectivity index (χ4n) is 2.00. The second kappa shape index (κ2) is 8.05. The first kappa shape index (κ1) is 20.8. The van der Waals surface area contributed by atoms with E-state index in [1.165, 1.54) is 7.05 Å². The number of nitrogens with zero attached hydrogens (tertiary/aromatic N) is 3. The van der Waals surface area contributed by atoms with Gasteiger partial charge in [-0.2, -0.15) is 18.2 Å². The van der Waals surface area contributed by atoms with Gasteiger partial charge in [-0.15, -0.1) is 0 Å². The van der Waals surface area contributed by atoms with Gasteiger partial charge in [0.15, 0.2) is 5.82 Å². The molecule has 0 saturated heterocycles. The number of likely N-dealkylation sites (N-methyl/N-ethyl adjacent to an activating group) is 1. The second-order valence-electron chi connectivity index (χ2n) is 5.56. The Morgan fingerprint density at radius 2 is 2.04 bits per heavy atom. The Hall–Kier alpha value is -2.47. The highest BCUT2D eigenvalue weighted by Crippen LogP contribution is 2.30. The summed E-state index contributed by atoms with van der Waals surface area (Å²) in [6.45, 7) is 1.16. The number of benzene rings is 1. The van der Waals surface area contributed by atoms with Crippen molar-refractivity contribution < 1.29 is 30.9 Å². The lowest BCUT2D eigenvalue weighted by Crippen LogP contribution is -2.37. The minimum absolute atomic E-state index is 0.0306. The number of carbonyl (C=O) groups excluding carboxylic acids is 1. The molecular weight excluding hydrogens is 389 g/mol. The summed E-state index contributed by atoms with van der Waals surface area (Å²) in [5, 5.41) is 3.67. The molecule has 1 N–H and O–H groups in total. The number of nitrogens with one attached hydrogen (secondary N) is 1. The molecule has 0 spiro atoms. The molecule has 148 valence electrons. The van der Waals surface area contributed by atoms with Crippen molar-refractivity contribution in [2.45, 2.75) is 31.0 Å². The average molecular weight is 406 g/mol. The number of rotatable bonds is 7. The molecule has 27 heavy (non-hydrogen) atoms. The molecule has 2 aromatic rings. The van der Waals surface area contributed by atoms with Crippen LogP contribution in [0.15, 0.2) is 33.7 Å². The van der Waals surface area contributed by atoms with Gasteiger partial charge in [0, 0.05) is 13.5 Å². The number of halogens is 3. The third-order valence-electron chi connectivity index (χ3n) is 3.51. The summed E-state index contributed by atoms with van der Waals surface area (Å²) in [6.07, 6.45) is -4.12. The Morgan fingerprint density at radius 1 is 1.33 bits per heavy atom. The molecule has 1 aromatic carbocycles. The van der Waals surface area contributed by atoms with Gasteiger partial charge < -0.3 is 9.42 Å². The van der Waals surface area contributed by atoms with Gasteiger partial charge in [-0.3, -0.25) is 4.79 Å². The summed E-state index contributed by atoms with van der Waals surface area (Å²) in [6, 6.07) is 3.25. The van der Waals surface area contributed by atoms with Crippen molar-refractivity contribution in [3.8, 4) is 0 Å². The molecule has 1 heterocycles. The Morgan fingerprint density at radius 3 is 2.63 bits per heavy atom. The van der Waals surface area contributed by atoms with Crippen LogP contribution in [0.3, 0.4) is 0 Å². The highest BCUT2D eigenvalue weighted by Gasteiger charge is 2.31. The Bertz CT molecular complexity index is 912. The van der Waals surface area contributed by atoms with Crippen LogP contribution in [0.2, 0.25) is 0 Å². The normalized spacial score (nSPS) is 12.2. The van der Waals surface area contributed by atoms with Crippen LogP contribution in [0, 0.1) is 0 Å². The Balaban J connectivity index is 2.00. The maximum absolute atomic E-state index is 12.7. The first-order valence-corrected chi connectivity index (χ1v) is 9.23. The van der Waals surface area contributed by atoms with Crippen molar-refractivity contribution in [3.05, 3.63) is 41.5 Å². The van der Waals surface area contributed by atoms with E-state index in [-0.39, 0.29) is 12.4 Å². The van der Waals surface area contributed by atoms with Crippen molar-refractivity contribution in [1.29, 1.82) is 0 Å². The molecule has 12 heteroatoms. The van der Waals surface area contributed by atoms with Gasteiger partial charge in [0.2, 0.25) is 21.8 Å². The highest BCUT2D eigenvalue weighted by molar-refractivity contribution is 7.89. The van der Waals surface area contributed by atoms with E-state index in [1.807, 2.05) is 11.6 Å². The van der Waals surface area contributed by atoms with Gasteiger partial charge in [-0.1, -0.05) is 18.1 Å². The molecule has 1 aromatic heterocycles. The predicted molar refractivity (Wildman–Crippen MR) is 86.8 cm³/mol. The minimum Gasteiger partial charge on any atom is -0.337 e. The fraction of sp³-hybridized carbons (Fsp3) is 0.400. The number of hydrogen-bond acceptors (Lipinski definition) is 6. The quantitative estimate of drug-likeness (QED) is 0.749. The third kappa shape index (κ3) is 5.50. The van der Waals surface area contributed by atoms with E-state index in [9.17, 15) is 26.4 Å². The molecule has 0 aliphatic heterocycles. The molecule has 2 rings (SSSR count). The van der Waals surface area contributed by atoms with Gasteiger partial charge >= 0.3 is 6.18 Å².